The second-order valence-electron chi connectivity index (χ2n) is 6.54. The third-order valence-corrected chi connectivity index (χ3v) is 4.58. The van der Waals surface area contributed by atoms with Crippen LogP contribution in [0.4, 0.5) is 5.69 Å². The highest BCUT2D eigenvalue weighted by atomic mass is 16.2. The van der Waals surface area contributed by atoms with Crippen molar-refractivity contribution in [1.82, 2.24) is 0 Å². The zero-order chi connectivity index (χ0) is 18.4. The van der Waals surface area contributed by atoms with Gasteiger partial charge in [-0.3, -0.25) is 9.59 Å². The van der Waals surface area contributed by atoms with Crippen LogP contribution >= 0.6 is 0 Å². The van der Waals surface area contributed by atoms with E-state index in [4.69, 9.17) is 0 Å². The molecule has 1 amide bonds. The van der Waals surface area contributed by atoms with Crippen molar-refractivity contribution in [2.24, 2.45) is 0 Å². The van der Waals surface area contributed by atoms with E-state index in [1.807, 2.05) is 14.0 Å². The second kappa shape index (κ2) is 8.58. The van der Waals surface area contributed by atoms with Crippen LogP contribution in [-0.2, 0) is 17.8 Å². The van der Waals surface area contributed by atoms with E-state index in [-0.39, 0.29) is 17.7 Å². The Balaban J connectivity index is 1.98. The number of carbonyl (C=O) groups excluding carboxylic acids is 2. The van der Waals surface area contributed by atoms with E-state index in [2.05, 4.69) is 36.5 Å². The van der Waals surface area contributed by atoms with Gasteiger partial charge in [-0.25, -0.2) is 0 Å². The largest absolute Gasteiger partial charge is 0.324 e. The van der Waals surface area contributed by atoms with Crippen LogP contribution in [0.25, 0.3) is 0 Å². The number of aryl methyl sites for hydroxylation is 1. The summed E-state index contributed by atoms with van der Waals surface area (Å²) in [5.74, 6) is -0.0641. The number of ketones is 1. The lowest BCUT2D eigenvalue weighted by Crippen LogP contribution is -3.12. The number of nitrogens with one attached hydrogen (secondary N) is 2. The lowest BCUT2D eigenvalue weighted by Gasteiger charge is -2.21. The molecular weight excluding hydrogens is 312 g/mol. The number of hydrogen-bond donors (Lipinski definition) is 2. The molecule has 132 valence electrons. The number of Topliss-reactive ketones (excluding diaryl/α,β-unsaturated/α-hetero) is 1. The van der Waals surface area contributed by atoms with Crippen LogP contribution in [0.5, 0.6) is 0 Å². The van der Waals surface area contributed by atoms with Gasteiger partial charge in [0.2, 0.25) is 0 Å². The lowest BCUT2D eigenvalue weighted by atomic mass is 10.1. The monoisotopic (exact) mass is 339 g/mol. The van der Waals surface area contributed by atoms with Gasteiger partial charge in [-0.15, -0.1) is 0 Å². The Labute approximate surface area is 149 Å². The highest BCUT2D eigenvalue weighted by molar-refractivity contribution is 5.97. The van der Waals surface area contributed by atoms with Gasteiger partial charge in [0.15, 0.2) is 11.8 Å². The Morgan fingerprint density at radius 1 is 1.08 bits per heavy atom. The molecule has 2 aromatic carbocycles. The van der Waals surface area contributed by atoms with Crippen LogP contribution in [0.15, 0.2) is 48.5 Å². The Morgan fingerprint density at radius 3 is 2.32 bits per heavy atom. The van der Waals surface area contributed by atoms with Crippen molar-refractivity contribution in [3.63, 3.8) is 0 Å². The van der Waals surface area contributed by atoms with Gasteiger partial charge in [0.05, 0.1) is 7.05 Å². The fraction of sp³-hybridized carbons (Fsp3) is 0.333. The number of hydrogen-bond acceptors (Lipinski definition) is 2. The lowest BCUT2D eigenvalue weighted by molar-refractivity contribution is -0.907. The maximum atomic E-state index is 12.5. The van der Waals surface area contributed by atoms with E-state index in [9.17, 15) is 9.59 Å². The molecule has 0 aliphatic carbocycles. The van der Waals surface area contributed by atoms with E-state index in [1.165, 1.54) is 18.1 Å². The molecule has 2 rings (SSSR count). The van der Waals surface area contributed by atoms with Crippen molar-refractivity contribution < 1.29 is 14.5 Å². The Morgan fingerprint density at radius 2 is 1.72 bits per heavy atom. The molecule has 0 aliphatic rings. The van der Waals surface area contributed by atoms with Crippen LogP contribution in [0.1, 0.15) is 42.3 Å². The molecule has 0 heterocycles. The Kier molecular flexibility index (Phi) is 6.48. The fourth-order valence-corrected chi connectivity index (χ4v) is 2.66. The normalized spacial score (nSPS) is 13.1. The summed E-state index contributed by atoms with van der Waals surface area (Å²) in [4.78, 5) is 25.1. The van der Waals surface area contributed by atoms with Crippen molar-refractivity contribution in [3.8, 4) is 0 Å². The molecule has 1 unspecified atom stereocenters. The fourth-order valence-electron chi connectivity index (χ4n) is 2.66. The molecule has 0 bridgehead atoms. The van der Waals surface area contributed by atoms with Crippen molar-refractivity contribution in [2.75, 3.05) is 12.4 Å². The maximum absolute atomic E-state index is 12.5. The molecule has 2 N–H and O–H groups in total. The number of benzene rings is 2. The van der Waals surface area contributed by atoms with Crippen LogP contribution in [0, 0.1) is 0 Å². The van der Waals surface area contributed by atoms with Gasteiger partial charge in [-0.2, -0.15) is 0 Å². The van der Waals surface area contributed by atoms with Gasteiger partial charge in [0, 0.05) is 16.8 Å². The van der Waals surface area contributed by atoms with Gasteiger partial charge in [-0.1, -0.05) is 43.3 Å². The molecule has 0 aliphatic heterocycles. The minimum absolute atomic E-state index is 0.0117. The Hall–Kier alpha value is -2.46. The average Bonchev–Trinajstić information content (AvgIpc) is 2.61. The van der Waals surface area contributed by atoms with E-state index in [0.29, 0.717) is 11.3 Å². The quantitative estimate of drug-likeness (QED) is 0.762. The van der Waals surface area contributed by atoms with E-state index >= 15 is 0 Å². The molecule has 0 saturated heterocycles. The summed E-state index contributed by atoms with van der Waals surface area (Å²) in [7, 11) is 2.02. The van der Waals surface area contributed by atoms with E-state index in [0.717, 1.165) is 17.9 Å². The Bertz CT molecular complexity index is 738. The van der Waals surface area contributed by atoms with Crippen molar-refractivity contribution in [1.29, 1.82) is 0 Å². The van der Waals surface area contributed by atoms with Crippen molar-refractivity contribution >= 4 is 17.4 Å². The zero-order valence-electron chi connectivity index (χ0n) is 15.4. The average molecular weight is 339 g/mol. The first kappa shape index (κ1) is 18.9. The van der Waals surface area contributed by atoms with Gasteiger partial charge in [-0.05, 0) is 38.0 Å². The van der Waals surface area contributed by atoms with Gasteiger partial charge in [0.1, 0.15) is 6.54 Å². The first-order valence-electron chi connectivity index (χ1n) is 8.72. The van der Waals surface area contributed by atoms with Crippen LogP contribution in [0.2, 0.25) is 0 Å². The highest BCUT2D eigenvalue weighted by Gasteiger charge is 2.22. The summed E-state index contributed by atoms with van der Waals surface area (Å²) in [5.41, 5.74) is 3.79. The maximum Gasteiger partial charge on any atom is 0.282 e. The molecule has 0 aromatic heterocycles. The molecule has 2 atom stereocenters. The molecule has 4 nitrogen and oxygen atoms in total. The summed E-state index contributed by atoms with van der Waals surface area (Å²) in [6.07, 6.45) is 1.03. The predicted octanol–water partition coefficient (Wildman–Crippen LogP) is 2.49. The first-order chi connectivity index (χ1) is 11.9. The van der Waals surface area contributed by atoms with Crippen molar-refractivity contribution in [3.05, 3.63) is 65.2 Å². The topological polar surface area (TPSA) is 50.6 Å². The summed E-state index contributed by atoms with van der Waals surface area (Å²) in [6, 6.07) is 15.4. The second-order valence-corrected chi connectivity index (χ2v) is 6.54. The summed E-state index contributed by atoms with van der Waals surface area (Å²) in [5, 5.41) is 2.91. The summed E-state index contributed by atoms with van der Waals surface area (Å²) < 4.78 is 0. The SMILES string of the molecule is CCc1ccc(C[NH+](C)[C@@H](C)C(=O)Nc2cccc(C(C)=O)c2)cc1. The third kappa shape index (κ3) is 5.26. The molecular formula is C21H27N2O2+. The molecule has 2 aromatic rings. The smallest absolute Gasteiger partial charge is 0.282 e. The molecule has 4 heteroatoms. The van der Waals surface area contributed by atoms with Gasteiger partial charge in [0.25, 0.3) is 5.91 Å². The standard InChI is InChI=1S/C21H26N2O2/c1-5-17-9-11-18(12-10-17)14-23(4)15(2)21(25)22-20-8-6-7-19(13-20)16(3)24/h6-13,15H,5,14H2,1-4H3,(H,22,25)/p+1/t15-/m0/s1. The molecule has 0 fully saturated rings. The molecule has 25 heavy (non-hydrogen) atoms. The number of rotatable bonds is 7. The number of carbonyl (C=O) groups is 2. The third-order valence-electron chi connectivity index (χ3n) is 4.58. The van der Waals surface area contributed by atoms with E-state index in [1.54, 1.807) is 24.3 Å². The first-order valence-corrected chi connectivity index (χ1v) is 8.72. The van der Waals surface area contributed by atoms with Crippen LogP contribution in [0.3, 0.4) is 0 Å². The van der Waals surface area contributed by atoms with Gasteiger partial charge >= 0.3 is 0 Å². The minimum Gasteiger partial charge on any atom is -0.324 e. The van der Waals surface area contributed by atoms with Crippen molar-refractivity contribution in [2.45, 2.75) is 39.8 Å². The highest BCUT2D eigenvalue weighted by Crippen LogP contribution is 2.11. The number of quaternary nitrogens is 1. The molecule has 0 radical (unpaired) electrons. The minimum atomic E-state index is -0.202. The predicted molar refractivity (Wildman–Crippen MR) is 101 cm³/mol. The van der Waals surface area contributed by atoms with E-state index < -0.39 is 0 Å². The number of likely N-dealkylation sites (N-methyl/N-ethyl adjacent to an activating group) is 1. The summed E-state index contributed by atoms with van der Waals surface area (Å²) >= 11 is 0. The zero-order valence-corrected chi connectivity index (χ0v) is 15.4. The van der Waals surface area contributed by atoms with Gasteiger partial charge < -0.3 is 10.2 Å². The van der Waals surface area contributed by atoms with Crippen LogP contribution < -0.4 is 10.2 Å². The number of anilines is 1. The summed E-state index contributed by atoms with van der Waals surface area (Å²) in [6.45, 7) is 6.36. The molecule has 0 saturated carbocycles. The molecule has 0 spiro atoms. The van der Waals surface area contributed by atoms with Crippen LogP contribution in [-0.4, -0.2) is 24.8 Å². The number of amides is 1.